The molecule has 0 spiro atoms. The number of aryl methyl sites for hydroxylation is 2. The second-order valence-electron chi connectivity index (χ2n) is 22.7. The van der Waals surface area contributed by atoms with Crippen molar-refractivity contribution in [3.8, 4) is 22.5 Å². The molecule has 18 heteroatoms. The molecule has 0 bridgehead atoms. The third kappa shape index (κ3) is 20.3. The molecule has 0 aliphatic heterocycles. The van der Waals surface area contributed by atoms with Gasteiger partial charge in [-0.2, -0.15) is 0 Å². The van der Waals surface area contributed by atoms with Crippen molar-refractivity contribution in [3.63, 3.8) is 0 Å². The molecule has 0 unspecified atom stereocenters. The fourth-order valence-corrected chi connectivity index (χ4v) is 8.69. The Morgan fingerprint density at radius 1 is 0.651 bits per heavy atom. The van der Waals surface area contributed by atoms with Gasteiger partial charge in [0.2, 0.25) is 5.91 Å². The first-order valence-corrected chi connectivity index (χ1v) is 27.7. The number of ether oxygens (including phenoxy) is 2. The molecule has 0 radical (unpaired) electrons. The molecule has 0 aliphatic rings. The predicted octanol–water partition coefficient (Wildman–Crippen LogP) is 10.8. The summed E-state index contributed by atoms with van der Waals surface area (Å²) in [6.45, 7) is 18.1. The average molecular weight is 1130 g/mol. The monoisotopic (exact) mass is 1130 g/mol. The number of aromatic nitrogens is 4. The van der Waals surface area contributed by atoms with Gasteiger partial charge in [-0.15, -0.1) is 0 Å². The van der Waals surface area contributed by atoms with E-state index in [1.165, 1.54) is 14.7 Å². The third-order valence-electron chi connectivity index (χ3n) is 12.2. The molecule has 7 aromatic rings. The van der Waals surface area contributed by atoms with Gasteiger partial charge in [0.1, 0.15) is 30.1 Å². The lowest BCUT2D eigenvalue weighted by molar-refractivity contribution is -0.155. The summed E-state index contributed by atoms with van der Waals surface area (Å²) in [5, 5.41) is 19.3. The van der Waals surface area contributed by atoms with E-state index in [-0.39, 0.29) is 60.7 Å². The zero-order valence-electron chi connectivity index (χ0n) is 49.3. The molecule has 83 heavy (non-hydrogen) atoms. The summed E-state index contributed by atoms with van der Waals surface area (Å²) < 4.78 is 13.8. The average Bonchev–Trinajstić information content (AvgIpc) is 3.50. The molecule has 0 saturated carbocycles. The van der Waals surface area contributed by atoms with Crippen LogP contribution >= 0.6 is 0 Å². The van der Waals surface area contributed by atoms with Gasteiger partial charge >= 0.3 is 12.1 Å². The minimum absolute atomic E-state index is 0.00936. The second kappa shape index (κ2) is 28.9. The zero-order valence-corrected chi connectivity index (χ0v) is 49.3. The van der Waals surface area contributed by atoms with Crippen LogP contribution in [0.3, 0.4) is 0 Å². The number of benzene rings is 5. The number of amides is 2. The van der Waals surface area contributed by atoms with Crippen LogP contribution in [0.1, 0.15) is 109 Å². The van der Waals surface area contributed by atoms with Crippen LogP contribution in [0, 0.1) is 5.41 Å². The van der Waals surface area contributed by atoms with Gasteiger partial charge in [-0.1, -0.05) is 97.1 Å². The number of nitrogen functional groups attached to an aromatic ring is 2. The number of hydrogen-bond acceptors (Lipinski definition) is 13. The summed E-state index contributed by atoms with van der Waals surface area (Å²) in [6, 6.07) is 38.5. The molecule has 18 nitrogen and oxygen atoms in total. The molecule has 0 fully saturated rings. The Hall–Kier alpha value is -9.32. The maximum absolute atomic E-state index is 13.6. The SMILES string of the molecule is CC(C)Nc1ncc(-c2cc(/C=C/Cc3ccccc3)cc(NC(=O)OC(C)(C)C)c2)n(CC(=O)OC(C)(C)C)c1=O.CC(C)Nc1ncc(-c2cc(N)cc(CCCc3ccccc3)c2)n(CC(=O)NCc2ccc(C(=N)N)cc2)c1=O. The Bertz CT molecular complexity index is 3510. The van der Waals surface area contributed by atoms with E-state index in [1.807, 2.05) is 113 Å². The zero-order chi connectivity index (χ0) is 60.4. The van der Waals surface area contributed by atoms with Crippen LogP contribution in [0.25, 0.3) is 28.6 Å². The second-order valence-corrected chi connectivity index (χ2v) is 22.7. The van der Waals surface area contributed by atoms with Crippen molar-refractivity contribution < 1.29 is 23.9 Å². The first-order chi connectivity index (χ1) is 39.3. The normalized spacial score (nSPS) is 11.4. The number of allylic oxidation sites excluding steroid dienone is 1. The van der Waals surface area contributed by atoms with Crippen molar-refractivity contribution in [2.24, 2.45) is 5.73 Å². The number of hydrogen-bond donors (Lipinski definition) is 7. The van der Waals surface area contributed by atoms with E-state index in [2.05, 4.69) is 43.4 Å². The van der Waals surface area contributed by atoms with Crippen LogP contribution in [-0.2, 0) is 58.0 Å². The summed E-state index contributed by atoms with van der Waals surface area (Å²) in [5.74, 6) is -0.584. The lowest BCUT2D eigenvalue weighted by Gasteiger charge is -2.22. The van der Waals surface area contributed by atoms with Crippen LogP contribution in [0.15, 0.2) is 149 Å². The van der Waals surface area contributed by atoms with Gasteiger partial charge in [0.25, 0.3) is 11.1 Å². The molecule has 2 aromatic heterocycles. The van der Waals surface area contributed by atoms with Crippen LogP contribution in [0.5, 0.6) is 0 Å². The van der Waals surface area contributed by atoms with E-state index in [1.54, 1.807) is 90.3 Å². The predicted molar refractivity (Wildman–Crippen MR) is 332 cm³/mol. The molecule has 2 heterocycles. The fourth-order valence-electron chi connectivity index (χ4n) is 8.69. The van der Waals surface area contributed by atoms with Gasteiger partial charge in [0, 0.05) is 46.7 Å². The first-order valence-electron chi connectivity index (χ1n) is 27.7. The number of nitrogens with zero attached hydrogens (tertiary/aromatic N) is 4. The maximum atomic E-state index is 13.6. The number of carbonyl (C=O) groups is 3. The smallest absolute Gasteiger partial charge is 0.412 e. The molecular formula is C65H79N11O7. The summed E-state index contributed by atoms with van der Waals surface area (Å²) in [6.07, 6.45) is 9.93. The fraction of sp³-hybridized carbons (Fsp3) is 0.323. The molecular weight excluding hydrogens is 1050 g/mol. The molecule has 436 valence electrons. The lowest BCUT2D eigenvalue weighted by atomic mass is 10.0. The van der Waals surface area contributed by atoms with Crippen molar-refractivity contribution in [1.82, 2.24) is 24.4 Å². The largest absolute Gasteiger partial charge is 0.459 e. The highest BCUT2D eigenvalue weighted by molar-refractivity contribution is 5.95. The Morgan fingerprint density at radius 2 is 1.19 bits per heavy atom. The number of carbonyl (C=O) groups excluding carboxylic acids is 3. The number of amidine groups is 1. The standard InChI is InChI=1S/C33H42N4O5.C32H37N7O2/c1-22(2)35-29-30(39)37(21-28(38)41-32(3,4)5)27(20-34-29)25-17-24(16-12-15-23-13-10-9-11-14-23)18-26(19-25)36-31(40)42-33(6,7)8;1-21(2)38-31-32(41)39(20-29(40)36-18-23-11-13-25(14-12-23)30(34)35)28(19-37-31)26-15-24(16-27(33)17-26)10-6-9-22-7-4-3-5-8-22/h9-14,16-20,22H,15,21H2,1-8H3,(H,34,35)(H,36,40);3-5,7-8,11-17,19,21H,6,9-10,18,20,33H2,1-2H3,(H3,34,35)(H,36,40)(H,37,38)/b16-12+;. The van der Waals surface area contributed by atoms with Gasteiger partial charge in [-0.25, -0.2) is 14.8 Å². The number of nitrogens with one attached hydrogen (secondary N) is 5. The highest BCUT2D eigenvalue weighted by Crippen LogP contribution is 2.28. The quantitative estimate of drug-likeness (QED) is 0.0153. The highest BCUT2D eigenvalue weighted by atomic mass is 16.6. The topological polar surface area (TPSA) is 263 Å². The lowest BCUT2D eigenvalue weighted by Crippen LogP contribution is -2.35. The van der Waals surface area contributed by atoms with Crippen LogP contribution in [0.2, 0.25) is 0 Å². The van der Waals surface area contributed by atoms with E-state index in [0.717, 1.165) is 47.1 Å². The van der Waals surface area contributed by atoms with E-state index in [4.69, 9.17) is 26.4 Å². The van der Waals surface area contributed by atoms with Crippen LogP contribution in [0.4, 0.5) is 27.8 Å². The Labute approximate surface area is 486 Å². The number of esters is 1. The summed E-state index contributed by atoms with van der Waals surface area (Å²) in [4.78, 5) is 74.4. The van der Waals surface area contributed by atoms with E-state index >= 15 is 0 Å². The van der Waals surface area contributed by atoms with Gasteiger partial charge in [-0.3, -0.25) is 39.0 Å². The van der Waals surface area contributed by atoms with Crippen molar-refractivity contribution in [1.29, 1.82) is 5.41 Å². The Kier molecular flexibility index (Phi) is 21.9. The van der Waals surface area contributed by atoms with Crippen molar-refractivity contribution in [2.75, 3.05) is 21.7 Å². The summed E-state index contributed by atoms with van der Waals surface area (Å²) in [7, 11) is 0. The van der Waals surface area contributed by atoms with Gasteiger partial charge in [0.05, 0.1) is 23.8 Å². The van der Waals surface area contributed by atoms with Crippen LogP contribution in [-0.4, -0.2) is 66.2 Å². The van der Waals surface area contributed by atoms with E-state index in [9.17, 15) is 24.0 Å². The molecule has 2 amide bonds. The van der Waals surface area contributed by atoms with Gasteiger partial charge < -0.3 is 36.9 Å². The molecule has 7 rings (SSSR count). The van der Waals surface area contributed by atoms with E-state index in [0.29, 0.717) is 40.3 Å². The first kappa shape index (κ1) is 62.9. The molecule has 0 saturated heterocycles. The van der Waals surface area contributed by atoms with Crippen LogP contribution < -0.4 is 43.9 Å². The highest BCUT2D eigenvalue weighted by Gasteiger charge is 2.23. The summed E-state index contributed by atoms with van der Waals surface area (Å²) in [5.41, 5.74) is 18.5. The van der Waals surface area contributed by atoms with E-state index < -0.39 is 28.8 Å². The number of nitrogens with two attached hydrogens (primary N) is 2. The molecule has 9 N–H and O–H groups in total. The summed E-state index contributed by atoms with van der Waals surface area (Å²) >= 11 is 0. The van der Waals surface area contributed by atoms with Gasteiger partial charge in [-0.05, 0) is 159 Å². The maximum Gasteiger partial charge on any atom is 0.412 e. The number of anilines is 4. The minimum Gasteiger partial charge on any atom is -0.459 e. The Balaban J connectivity index is 0.000000267. The molecule has 0 aliphatic carbocycles. The number of rotatable bonds is 21. The third-order valence-corrected chi connectivity index (χ3v) is 12.2. The minimum atomic E-state index is -0.721. The van der Waals surface area contributed by atoms with Crippen molar-refractivity contribution in [3.05, 3.63) is 194 Å². The molecule has 0 atom stereocenters. The Morgan fingerprint density at radius 3 is 1.75 bits per heavy atom. The van der Waals surface area contributed by atoms with Gasteiger partial charge in [0.15, 0.2) is 11.6 Å². The van der Waals surface area contributed by atoms with Crippen molar-refractivity contribution in [2.45, 2.75) is 138 Å². The van der Waals surface area contributed by atoms with Crippen molar-refractivity contribution >= 4 is 52.9 Å². The molecule has 5 aromatic carbocycles.